The third-order valence-corrected chi connectivity index (χ3v) is 4.05. The molecule has 0 fully saturated rings. The Bertz CT molecular complexity index is 791. The van der Waals surface area contributed by atoms with Crippen LogP contribution < -0.4 is 14.8 Å². The van der Waals surface area contributed by atoms with Crippen LogP contribution >= 0.6 is 0 Å². The first kappa shape index (κ1) is 15.4. The van der Waals surface area contributed by atoms with Crippen LogP contribution in [0.2, 0.25) is 0 Å². The fourth-order valence-electron chi connectivity index (χ4n) is 2.79. The number of para-hydroxylation sites is 2. The number of nitrogens with one attached hydrogen (secondary N) is 1. The molecule has 0 radical (unpaired) electrons. The van der Waals surface area contributed by atoms with E-state index < -0.39 is 6.10 Å². The molecular formula is C19H17NO5. The summed E-state index contributed by atoms with van der Waals surface area (Å²) in [6.45, 7) is 0.510. The number of rotatable bonds is 5. The third-order valence-electron chi connectivity index (χ3n) is 4.05. The van der Waals surface area contributed by atoms with Gasteiger partial charge in [0, 0.05) is 6.54 Å². The minimum atomic E-state index is -0.691. The van der Waals surface area contributed by atoms with Crippen molar-refractivity contribution in [2.24, 2.45) is 0 Å². The standard InChI is InChI=1S/C19H17NO5/c21-19(18-12-24-16-5-1-2-6-17(16)25-18)20-11-13(14-7-3-9-22-14)15-8-4-10-23-15/h1-10,13,18H,11-12H2,(H,20,21). The quantitative estimate of drug-likeness (QED) is 0.773. The number of ether oxygens (including phenoxy) is 2. The van der Waals surface area contributed by atoms with Crippen molar-refractivity contribution >= 4 is 5.91 Å². The van der Waals surface area contributed by atoms with Gasteiger partial charge < -0.3 is 23.6 Å². The zero-order valence-electron chi connectivity index (χ0n) is 13.4. The number of carbonyl (C=O) groups excluding carboxylic acids is 1. The maximum atomic E-state index is 12.5. The summed E-state index contributed by atoms with van der Waals surface area (Å²) in [6.07, 6.45) is 2.51. The highest BCUT2D eigenvalue weighted by Crippen LogP contribution is 2.31. The summed E-state index contributed by atoms with van der Waals surface area (Å²) in [5, 5.41) is 2.90. The van der Waals surface area contributed by atoms with Crippen molar-refractivity contribution in [3.63, 3.8) is 0 Å². The van der Waals surface area contributed by atoms with E-state index in [2.05, 4.69) is 5.32 Å². The van der Waals surface area contributed by atoms with Gasteiger partial charge in [0.1, 0.15) is 18.1 Å². The second-order valence-corrected chi connectivity index (χ2v) is 5.69. The molecule has 1 aromatic carbocycles. The van der Waals surface area contributed by atoms with Crippen LogP contribution in [-0.2, 0) is 4.79 Å². The van der Waals surface area contributed by atoms with Crippen molar-refractivity contribution in [3.8, 4) is 11.5 Å². The van der Waals surface area contributed by atoms with Gasteiger partial charge in [-0.15, -0.1) is 0 Å². The van der Waals surface area contributed by atoms with Gasteiger partial charge in [-0.05, 0) is 36.4 Å². The molecule has 6 nitrogen and oxygen atoms in total. The molecule has 6 heteroatoms. The monoisotopic (exact) mass is 339 g/mol. The molecule has 1 aliphatic rings. The Morgan fingerprint density at radius 1 is 1.00 bits per heavy atom. The lowest BCUT2D eigenvalue weighted by molar-refractivity contribution is -0.130. The van der Waals surface area contributed by atoms with Gasteiger partial charge in [0.2, 0.25) is 6.10 Å². The van der Waals surface area contributed by atoms with E-state index in [1.54, 1.807) is 18.6 Å². The first-order valence-electron chi connectivity index (χ1n) is 8.04. The third kappa shape index (κ3) is 3.24. The van der Waals surface area contributed by atoms with E-state index in [0.29, 0.717) is 18.0 Å². The van der Waals surface area contributed by atoms with E-state index in [4.69, 9.17) is 18.3 Å². The van der Waals surface area contributed by atoms with Gasteiger partial charge in [-0.2, -0.15) is 0 Å². The van der Waals surface area contributed by atoms with E-state index in [9.17, 15) is 4.79 Å². The van der Waals surface area contributed by atoms with Crippen LogP contribution in [0.1, 0.15) is 17.4 Å². The van der Waals surface area contributed by atoms with Crippen LogP contribution in [-0.4, -0.2) is 25.2 Å². The Kier molecular flexibility index (Phi) is 4.16. The van der Waals surface area contributed by atoms with Gasteiger partial charge in [-0.25, -0.2) is 0 Å². The van der Waals surface area contributed by atoms with Crippen LogP contribution in [0.5, 0.6) is 11.5 Å². The van der Waals surface area contributed by atoms with Gasteiger partial charge in [0.15, 0.2) is 11.5 Å². The zero-order valence-corrected chi connectivity index (χ0v) is 13.4. The number of hydrogen-bond donors (Lipinski definition) is 1. The lowest BCUT2D eigenvalue weighted by Gasteiger charge is -2.26. The molecule has 1 unspecified atom stereocenters. The predicted molar refractivity (Wildman–Crippen MR) is 88.6 cm³/mol. The lowest BCUT2D eigenvalue weighted by Crippen LogP contribution is -2.45. The number of carbonyl (C=O) groups is 1. The summed E-state index contributed by atoms with van der Waals surface area (Å²) in [6, 6.07) is 14.6. The maximum Gasteiger partial charge on any atom is 0.264 e. The molecule has 3 aromatic rings. The second-order valence-electron chi connectivity index (χ2n) is 5.69. The summed E-state index contributed by atoms with van der Waals surface area (Å²) in [5.74, 6) is 2.23. The Hall–Kier alpha value is -3.15. The van der Waals surface area contributed by atoms with Crippen molar-refractivity contribution in [2.75, 3.05) is 13.2 Å². The van der Waals surface area contributed by atoms with Gasteiger partial charge in [-0.1, -0.05) is 12.1 Å². The molecule has 1 amide bonds. The SMILES string of the molecule is O=C(NCC(c1ccco1)c1ccco1)C1COc2ccccc2O1. The number of amides is 1. The minimum Gasteiger partial charge on any atom is -0.485 e. The summed E-state index contributed by atoms with van der Waals surface area (Å²) in [5.41, 5.74) is 0. The molecule has 1 aliphatic heterocycles. The van der Waals surface area contributed by atoms with Gasteiger partial charge >= 0.3 is 0 Å². The van der Waals surface area contributed by atoms with E-state index in [1.807, 2.05) is 42.5 Å². The van der Waals surface area contributed by atoms with Crippen molar-refractivity contribution < 1.29 is 23.1 Å². The average molecular weight is 339 g/mol. The molecule has 3 heterocycles. The Morgan fingerprint density at radius 3 is 2.32 bits per heavy atom. The number of fused-ring (bicyclic) bond motifs is 1. The summed E-state index contributed by atoms with van der Waals surface area (Å²) >= 11 is 0. The first-order valence-corrected chi connectivity index (χ1v) is 8.04. The van der Waals surface area contributed by atoms with E-state index in [-0.39, 0.29) is 18.4 Å². The molecular weight excluding hydrogens is 322 g/mol. The van der Waals surface area contributed by atoms with Gasteiger partial charge in [0.25, 0.3) is 5.91 Å². The molecule has 0 aliphatic carbocycles. The maximum absolute atomic E-state index is 12.5. The predicted octanol–water partition coefficient (Wildman–Crippen LogP) is 2.96. The van der Waals surface area contributed by atoms with Crippen LogP contribution in [0.3, 0.4) is 0 Å². The molecule has 0 bridgehead atoms. The first-order chi connectivity index (χ1) is 12.3. The molecule has 0 saturated heterocycles. The molecule has 4 rings (SSSR count). The lowest BCUT2D eigenvalue weighted by atomic mass is 10.0. The largest absolute Gasteiger partial charge is 0.485 e. The summed E-state index contributed by atoms with van der Waals surface area (Å²) in [4.78, 5) is 12.5. The average Bonchev–Trinajstić information content (AvgIpc) is 3.36. The van der Waals surface area contributed by atoms with Gasteiger partial charge in [0.05, 0.1) is 18.4 Å². The molecule has 25 heavy (non-hydrogen) atoms. The normalized spacial score (nSPS) is 16.0. The van der Waals surface area contributed by atoms with Gasteiger partial charge in [-0.3, -0.25) is 4.79 Å². The molecule has 128 valence electrons. The summed E-state index contributed by atoms with van der Waals surface area (Å²) in [7, 11) is 0. The van der Waals surface area contributed by atoms with Crippen molar-refractivity contribution in [1.29, 1.82) is 0 Å². The molecule has 1 atom stereocenters. The van der Waals surface area contributed by atoms with Crippen LogP contribution in [0.25, 0.3) is 0 Å². The number of hydrogen-bond acceptors (Lipinski definition) is 5. The Labute approximate surface area is 144 Å². The molecule has 1 N–H and O–H groups in total. The number of benzene rings is 1. The van der Waals surface area contributed by atoms with E-state index in [1.165, 1.54) is 0 Å². The fraction of sp³-hybridized carbons (Fsp3) is 0.211. The Balaban J connectivity index is 1.42. The second kappa shape index (κ2) is 6.76. The van der Waals surface area contributed by atoms with Crippen molar-refractivity contribution in [3.05, 3.63) is 72.6 Å². The topological polar surface area (TPSA) is 73.8 Å². The minimum absolute atomic E-state index is 0.176. The Morgan fingerprint density at radius 2 is 1.68 bits per heavy atom. The smallest absolute Gasteiger partial charge is 0.264 e. The van der Waals surface area contributed by atoms with Crippen molar-refractivity contribution in [2.45, 2.75) is 12.0 Å². The molecule has 2 aromatic heterocycles. The van der Waals surface area contributed by atoms with Crippen molar-refractivity contribution in [1.82, 2.24) is 5.32 Å². The van der Waals surface area contributed by atoms with Crippen LogP contribution in [0.4, 0.5) is 0 Å². The zero-order chi connectivity index (χ0) is 17.1. The van der Waals surface area contributed by atoms with Crippen LogP contribution in [0, 0.1) is 0 Å². The number of furan rings is 2. The van der Waals surface area contributed by atoms with E-state index in [0.717, 1.165) is 11.5 Å². The fourth-order valence-corrected chi connectivity index (χ4v) is 2.79. The summed E-state index contributed by atoms with van der Waals surface area (Å²) < 4.78 is 22.3. The van der Waals surface area contributed by atoms with E-state index >= 15 is 0 Å². The van der Waals surface area contributed by atoms with Crippen LogP contribution in [0.15, 0.2) is 69.9 Å². The highest BCUT2D eigenvalue weighted by Gasteiger charge is 2.28. The highest BCUT2D eigenvalue weighted by atomic mass is 16.6. The highest BCUT2D eigenvalue weighted by molar-refractivity contribution is 5.81. The molecule has 0 saturated carbocycles. The molecule has 0 spiro atoms.